The standard InChI is InChI=1S/C21H32N2O3/c1-22(16-8-5-4-6-9-16)15-21(24)23-13-7-10-19(23)18-14-17(25-2)11-12-20(18)26-3/h11-12,14,16,19H,4-10,13,15H2,1-3H3. The largest absolute Gasteiger partial charge is 0.497 e. The number of rotatable bonds is 6. The van der Waals surface area contributed by atoms with Crippen molar-refractivity contribution in [3.05, 3.63) is 23.8 Å². The van der Waals surface area contributed by atoms with Crippen LogP contribution in [-0.2, 0) is 4.79 Å². The van der Waals surface area contributed by atoms with Crippen LogP contribution < -0.4 is 9.47 Å². The van der Waals surface area contributed by atoms with E-state index < -0.39 is 0 Å². The molecule has 1 unspecified atom stereocenters. The molecule has 1 aromatic carbocycles. The molecule has 144 valence electrons. The minimum Gasteiger partial charge on any atom is -0.497 e. The smallest absolute Gasteiger partial charge is 0.237 e. The molecule has 5 nitrogen and oxygen atoms in total. The topological polar surface area (TPSA) is 42.0 Å². The molecule has 26 heavy (non-hydrogen) atoms. The van der Waals surface area contributed by atoms with E-state index in [1.165, 1.54) is 32.1 Å². The molecule has 0 N–H and O–H groups in total. The molecule has 2 aliphatic rings. The fourth-order valence-electron chi connectivity index (χ4n) is 4.44. The van der Waals surface area contributed by atoms with Gasteiger partial charge in [-0.3, -0.25) is 9.69 Å². The molecule has 2 fully saturated rings. The summed E-state index contributed by atoms with van der Waals surface area (Å²) in [5.74, 6) is 1.86. The number of ether oxygens (including phenoxy) is 2. The van der Waals surface area contributed by atoms with Crippen LogP contribution in [0, 0.1) is 0 Å². The molecule has 0 bridgehead atoms. The van der Waals surface area contributed by atoms with Crippen LogP contribution >= 0.6 is 0 Å². The SMILES string of the molecule is COc1ccc(OC)c(C2CCCN2C(=O)CN(C)C2CCCCC2)c1. The Bertz CT molecular complexity index is 613. The lowest BCUT2D eigenvalue weighted by Crippen LogP contribution is -2.43. The van der Waals surface area contributed by atoms with Gasteiger partial charge >= 0.3 is 0 Å². The lowest BCUT2D eigenvalue weighted by Gasteiger charge is -2.33. The van der Waals surface area contributed by atoms with Crippen molar-refractivity contribution in [3.8, 4) is 11.5 Å². The summed E-state index contributed by atoms with van der Waals surface area (Å²) in [5, 5.41) is 0. The molecular weight excluding hydrogens is 328 g/mol. The predicted molar refractivity (Wildman–Crippen MR) is 103 cm³/mol. The summed E-state index contributed by atoms with van der Waals surface area (Å²) in [4.78, 5) is 17.4. The number of benzene rings is 1. The highest BCUT2D eigenvalue weighted by atomic mass is 16.5. The summed E-state index contributed by atoms with van der Waals surface area (Å²) in [6.45, 7) is 1.33. The molecule has 1 aliphatic heterocycles. The van der Waals surface area contributed by atoms with Crippen molar-refractivity contribution in [2.45, 2.75) is 57.0 Å². The van der Waals surface area contributed by atoms with Gasteiger partial charge in [0.1, 0.15) is 11.5 Å². The Labute approximate surface area is 157 Å². The van der Waals surface area contributed by atoms with Crippen molar-refractivity contribution < 1.29 is 14.3 Å². The minimum absolute atomic E-state index is 0.0762. The van der Waals surface area contributed by atoms with Gasteiger partial charge in [-0.15, -0.1) is 0 Å². The monoisotopic (exact) mass is 360 g/mol. The predicted octanol–water partition coefficient (Wildman–Crippen LogP) is 3.63. The van der Waals surface area contributed by atoms with Crippen LogP contribution in [0.2, 0.25) is 0 Å². The first kappa shape index (κ1) is 19.0. The van der Waals surface area contributed by atoms with Crippen molar-refractivity contribution in [3.63, 3.8) is 0 Å². The van der Waals surface area contributed by atoms with Gasteiger partial charge in [0.15, 0.2) is 0 Å². The maximum atomic E-state index is 13.0. The number of methoxy groups -OCH3 is 2. The molecule has 0 spiro atoms. The summed E-state index contributed by atoms with van der Waals surface area (Å²) < 4.78 is 10.9. The number of likely N-dealkylation sites (tertiary alicyclic amines) is 1. The molecule has 1 saturated carbocycles. The summed E-state index contributed by atoms with van der Waals surface area (Å²) in [7, 11) is 5.46. The summed E-state index contributed by atoms with van der Waals surface area (Å²) in [6.07, 6.45) is 8.36. The van der Waals surface area contributed by atoms with Crippen LogP contribution in [0.25, 0.3) is 0 Å². The molecule has 5 heteroatoms. The second-order valence-electron chi connectivity index (χ2n) is 7.56. The average molecular weight is 360 g/mol. The van der Waals surface area contributed by atoms with E-state index in [9.17, 15) is 4.79 Å². The second-order valence-corrected chi connectivity index (χ2v) is 7.56. The molecule has 1 atom stereocenters. The van der Waals surface area contributed by atoms with Crippen molar-refractivity contribution in [1.82, 2.24) is 9.80 Å². The van der Waals surface area contributed by atoms with Gasteiger partial charge in [0.2, 0.25) is 5.91 Å². The summed E-state index contributed by atoms with van der Waals surface area (Å²) in [5.41, 5.74) is 1.05. The van der Waals surface area contributed by atoms with Gasteiger partial charge in [0, 0.05) is 18.2 Å². The second kappa shape index (κ2) is 8.76. The third-order valence-electron chi connectivity index (χ3n) is 5.95. The lowest BCUT2D eigenvalue weighted by molar-refractivity contribution is -0.133. The van der Waals surface area contributed by atoms with Crippen LogP contribution in [-0.4, -0.2) is 56.1 Å². The molecule has 3 rings (SSSR count). The Balaban J connectivity index is 1.72. The van der Waals surface area contributed by atoms with E-state index in [0.29, 0.717) is 12.6 Å². The normalized spacial score (nSPS) is 21.2. The maximum absolute atomic E-state index is 13.0. The molecule has 1 saturated heterocycles. The zero-order valence-electron chi connectivity index (χ0n) is 16.4. The van der Waals surface area contributed by atoms with Crippen LogP contribution in [0.4, 0.5) is 0 Å². The zero-order chi connectivity index (χ0) is 18.5. The molecule has 1 aliphatic carbocycles. The number of carbonyl (C=O) groups is 1. The first-order valence-electron chi connectivity index (χ1n) is 9.85. The number of hydrogen-bond acceptors (Lipinski definition) is 4. The van der Waals surface area contributed by atoms with E-state index in [2.05, 4.69) is 11.9 Å². The van der Waals surface area contributed by atoms with Crippen LogP contribution in [0.3, 0.4) is 0 Å². The third kappa shape index (κ3) is 4.14. The Morgan fingerprint density at radius 3 is 2.58 bits per heavy atom. The number of amides is 1. The van der Waals surface area contributed by atoms with Crippen LogP contribution in [0.1, 0.15) is 56.6 Å². The highest BCUT2D eigenvalue weighted by Gasteiger charge is 2.33. The highest BCUT2D eigenvalue weighted by molar-refractivity contribution is 5.79. The Hall–Kier alpha value is -1.75. The average Bonchev–Trinajstić information content (AvgIpc) is 3.18. The van der Waals surface area contributed by atoms with Gasteiger partial charge in [-0.1, -0.05) is 19.3 Å². The molecule has 1 heterocycles. The fourth-order valence-corrected chi connectivity index (χ4v) is 4.44. The fraction of sp³-hybridized carbons (Fsp3) is 0.667. The van der Waals surface area contributed by atoms with Gasteiger partial charge in [-0.2, -0.15) is 0 Å². The quantitative estimate of drug-likeness (QED) is 0.777. The van der Waals surface area contributed by atoms with Gasteiger partial charge in [-0.25, -0.2) is 0 Å². The first-order valence-corrected chi connectivity index (χ1v) is 9.85. The third-order valence-corrected chi connectivity index (χ3v) is 5.95. The number of hydrogen-bond donors (Lipinski definition) is 0. The van der Waals surface area contributed by atoms with Crippen LogP contribution in [0.5, 0.6) is 11.5 Å². The van der Waals surface area contributed by atoms with Gasteiger partial charge in [-0.05, 0) is 50.9 Å². The Morgan fingerprint density at radius 2 is 1.88 bits per heavy atom. The molecule has 0 aromatic heterocycles. The van der Waals surface area contributed by atoms with Gasteiger partial charge < -0.3 is 14.4 Å². The van der Waals surface area contributed by atoms with Crippen molar-refractivity contribution >= 4 is 5.91 Å². The summed E-state index contributed by atoms with van der Waals surface area (Å²) >= 11 is 0. The molecular formula is C21H32N2O3. The van der Waals surface area contributed by atoms with Crippen molar-refractivity contribution in [2.75, 3.05) is 34.4 Å². The van der Waals surface area contributed by atoms with E-state index >= 15 is 0 Å². The van der Waals surface area contributed by atoms with E-state index in [-0.39, 0.29) is 11.9 Å². The Morgan fingerprint density at radius 1 is 1.12 bits per heavy atom. The number of nitrogens with zero attached hydrogens (tertiary/aromatic N) is 2. The van der Waals surface area contributed by atoms with Crippen molar-refractivity contribution in [1.29, 1.82) is 0 Å². The first-order chi connectivity index (χ1) is 12.6. The van der Waals surface area contributed by atoms with E-state index in [1.54, 1.807) is 14.2 Å². The number of likely N-dealkylation sites (N-methyl/N-ethyl adjacent to an activating group) is 1. The molecule has 1 amide bonds. The lowest BCUT2D eigenvalue weighted by atomic mass is 9.94. The number of carbonyl (C=O) groups excluding carboxylic acids is 1. The van der Waals surface area contributed by atoms with Gasteiger partial charge in [0.25, 0.3) is 0 Å². The Kier molecular flexibility index (Phi) is 6.41. The minimum atomic E-state index is 0.0762. The molecule has 1 aromatic rings. The highest BCUT2D eigenvalue weighted by Crippen LogP contribution is 2.39. The van der Waals surface area contributed by atoms with Crippen molar-refractivity contribution in [2.24, 2.45) is 0 Å². The maximum Gasteiger partial charge on any atom is 0.237 e. The molecule has 0 radical (unpaired) electrons. The van der Waals surface area contributed by atoms with E-state index in [4.69, 9.17) is 9.47 Å². The van der Waals surface area contributed by atoms with E-state index in [0.717, 1.165) is 36.4 Å². The summed E-state index contributed by atoms with van der Waals surface area (Å²) in [6, 6.07) is 6.48. The van der Waals surface area contributed by atoms with Crippen LogP contribution in [0.15, 0.2) is 18.2 Å². The zero-order valence-corrected chi connectivity index (χ0v) is 16.4. The van der Waals surface area contributed by atoms with E-state index in [1.807, 2.05) is 23.1 Å². The van der Waals surface area contributed by atoms with Gasteiger partial charge in [0.05, 0.1) is 26.8 Å².